The van der Waals surface area contributed by atoms with Gasteiger partial charge < -0.3 is 15.1 Å². The first-order valence-electron chi connectivity index (χ1n) is 6.53. The maximum atomic E-state index is 12.5. The summed E-state index contributed by atoms with van der Waals surface area (Å²) in [5.41, 5.74) is 1.37. The van der Waals surface area contributed by atoms with Gasteiger partial charge in [-0.3, -0.25) is 4.79 Å². The molecule has 1 amide bonds. The predicted octanol–water partition coefficient (Wildman–Crippen LogP) is -0.819. The van der Waals surface area contributed by atoms with E-state index in [1.54, 1.807) is 13.1 Å². The first kappa shape index (κ1) is 15.9. The fourth-order valence-electron chi connectivity index (χ4n) is 2.33. The van der Waals surface area contributed by atoms with Gasteiger partial charge in [0, 0.05) is 25.8 Å². The molecule has 0 aliphatic carbocycles. The van der Waals surface area contributed by atoms with Gasteiger partial charge in [0.1, 0.15) is 0 Å². The molecule has 1 heterocycles. The van der Waals surface area contributed by atoms with Crippen molar-refractivity contribution in [2.24, 2.45) is 0 Å². The lowest BCUT2D eigenvalue weighted by molar-refractivity contribution is -0.117. The Morgan fingerprint density at radius 2 is 1.86 bits per heavy atom. The molecule has 0 spiro atoms. The van der Waals surface area contributed by atoms with E-state index in [1.807, 2.05) is 0 Å². The van der Waals surface area contributed by atoms with Gasteiger partial charge in [0.05, 0.1) is 24.5 Å². The SMILES string of the molecule is CN1C(=O)Cc2cc(S(=O)(=O)N(CCO)CCO)ccc21. The Kier molecular flexibility index (Phi) is 4.62. The molecule has 2 rings (SSSR count). The van der Waals surface area contributed by atoms with E-state index in [0.29, 0.717) is 11.3 Å². The molecule has 0 saturated carbocycles. The lowest BCUT2D eigenvalue weighted by Gasteiger charge is -2.20. The summed E-state index contributed by atoms with van der Waals surface area (Å²) in [6.45, 7) is -0.825. The minimum Gasteiger partial charge on any atom is -0.395 e. The molecule has 0 radical (unpaired) electrons. The van der Waals surface area contributed by atoms with Crippen LogP contribution in [0.1, 0.15) is 5.56 Å². The number of benzene rings is 1. The first-order valence-corrected chi connectivity index (χ1v) is 7.97. The number of nitrogens with zero attached hydrogens (tertiary/aromatic N) is 2. The van der Waals surface area contributed by atoms with Crippen LogP contribution in [0, 0.1) is 0 Å². The van der Waals surface area contributed by atoms with E-state index >= 15 is 0 Å². The smallest absolute Gasteiger partial charge is 0.243 e. The summed E-state index contributed by atoms with van der Waals surface area (Å²) in [6, 6.07) is 4.52. The standard InChI is InChI=1S/C13H18N2O5S/c1-14-12-3-2-11(8-10(12)9-13(14)18)21(19,20)15(4-6-16)5-7-17/h2-3,8,16-17H,4-7,9H2,1H3. The zero-order valence-corrected chi connectivity index (χ0v) is 12.5. The van der Waals surface area contributed by atoms with Crippen LogP contribution >= 0.6 is 0 Å². The average Bonchev–Trinajstić information content (AvgIpc) is 2.73. The van der Waals surface area contributed by atoms with Gasteiger partial charge in [-0.1, -0.05) is 0 Å². The Labute approximate surface area is 123 Å². The van der Waals surface area contributed by atoms with Crippen molar-refractivity contribution in [2.45, 2.75) is 11.3 Å². The summed E-state index contributed by atoms with van der Waals surface area (Å²) in [6.07, 6.45) is 0.176. The normalized spacial score (nSPS) is 14.9. The number of rotatable bonds is 6. The van der Waals surface area contributed by atoms with Gasteiger partial charge in [-0.15, -0.1) is 0 Å². The Balaban J connectivity index is 2.38. The summed E-state index contributed by atoms with van der Waals surface area (Å²) in [4.78, 5) is 13.2. The van der Waals surface area contributed by atoms with Gasteiger partial charge in [0.15, 0.2) is 0 Å². The van der Waals surface area contributed by atoms with Gasteiger partial charge in [-0.2, -0.15) is 4.31 Å². The summed E-state index contributed by atoms with van der Waals surface area (Å²) >= 11 is 0. The summed E-state index contributed by atoms with van der Waals surface area (Å²) in [7, 11) is -2.15. The molecule has 0 atom stereocenters. The Hall–Kier alpha value is -1.48. The zero-order chi connectivity index (χ0) is 15.6. The number of aliphatic hydroxyl groups excluding tert-OH is 2. The molecule has 0 unspecified atom stereocenters. The summed E-state index contributed by atoms with van der Waals surface area (Å²) in [5, 5.41) is 17.9. The summed E-state index contributed by atoms with van der Waals surface area (Å²) < 4.78 is 26.0. The van der Waals surface area contributed by atoms with Gasteiger partial charge in [0.25, 0.3) is 0 Å². The predicted molar refractivity (Wildman–Crippen MR) is 76.5 cm³/mol. The van der Waals surface area contributed by atoms with Crippen molar-refractivity contribution in [1.82, 2.24) is 4.31 Å². The molecule has 21 heavy (non-hydrogen) atoms. The van der Waals surface area contributed by atoms with Gasteiger partial charge >= 0.3 is 0 Å². The number of carbonyl (C=O) groups is 1. The minimum atomic E-state index is -3.80. The van der Waals surface area contributed by atoms with Crippen molar-refractivity contribution in [2.75, 3.05) is 38.3 Å². The monoisotopic (exact) mass is 314 g/mol. The molecule has 2 N–H and O–H groups in total. The minimum absolute atomic E-state index is 0.0613. The van der Waals surface area contributed by atoms with Crippen LogP contribution in [0.4, 0.5) is 5.69 Å². The number of fused-ring (bicyclic) bond motifs is 1. The number of anilines is 1. The molecule has 0 saturated heterocycles. The highest BCUT2D eigenvalue weighted by Crippen LogP contribution is 2.30. The van der Waals surface area contributed by atoms with E-state index in [9.17, 15) is 13.2 Å². The first-order chi connectivity index (χ1) is 9.91. The second kappa shape index (κ2) is 6.10. The molecular weight excluding hydrogens is 296 g/mol. The number of carbonyl (C=O) groups excluding carboxylic acids is 1. The maximum Gasteiger partial charge on any atom is 0.243 e. The molecule has 1 aliphatic heterocycles. The van der Waals surface area contributed by atoms with Crippen molar-refractivity contribution >= 4 is 21.6 Å². The van der Waals surface area contributed by atoms with Crippen molar-refractivity contribution in [3.8, 4) is 0 Å². The third kappa shape index (κ3) is 2.93. The summed E-state index contributed by atoms with van der Waals surface area (Å²) in [5.74, 6) is -0.0814. The van der Waals surface area contributed by atoms with E-state index in [4.69, 9.17) is 10.2 Å². The van der Waals surface area contributed by atoms with E-state index < -0.39 is 10.0 Å². The van der Waals surface area contributed by atoms with E-state index in [-0.39, 0.29) is 43.5 Å². The molecule has 7 nitrogen and oxygen atoms in total. The highest BCUT2D eigenvalue weighted by Gasteiger charge is 2.28. The fourth-order valence-corrected chi connectivity index (χ4v) is 3.80. The van der Waals surface area contributed by atoms with Crippen LogP contribution in [0.3, 0.4) is 0 Å². The van der Waals surface area contributed by atoms with Gasteiger partial charge in [-0.25, -0.2) is 8.42 Å². The van der Waals surface area contributed by atoms with Crippen molar-refractivity contribution in [3.05, 3.63) is 23.8 Å². The highest BCUT2D eigenvalue weighted by atomic mass is 32.2. The van der Waals surface area contributed by atoms with Crippen molar-refractivity contribution in [1.29, 1.82) is 0 Å². The number of hydrogen-bond donors (Lipinski definition) is 2. The number of sulfonamides is 1. The lowest BCUT2D eigenvalue weighted by Crippen LogP contribution is -2.35. The van der Waals surface area contributed by atoms with Crippen LogP contribution in [-0.4, -0.2) is 62.2 Å². The Morgan fingerprint density at radius 1 is 1.24 bits per heavy atom. The number of amides is 1. The topological polar surface area (TPSA) is 98.2 Å². The van der Waals surface area contributed by atoms with Crippen LogP contribution < -0.4 is 4.90 Å². The molecule has 116 valence electrons. The molecule has 1 aromatic rings. The molecule has 0 fully saturated rings. The largest absolute Gasteiger partial charge is 0.395 e. The second-order valence-electron chi connectivity index (χ2n) is 4.77. The zero-order valence-electron chi connectivity index (χ0n) is 11.7. The van der Waals surface area contributed by atoms with Gasteiger partial charge in [-0.05, 0) is 23.8 Å². The Morgan fingerprint density at radius 3 is 2.43 bits per heavy atom. The van der Waals surface area contributed by atoms with Crippen LogP contribution in [0.2, 0.25) is 0 Å². The molecule has 8 heteroatoms. The second-order valence-corrected chi connectivity index (χ2v) is 6.71. The quantitative estimate of drug-likeness (QED) is 0.715. The van der Waals surface area contributed by atoms with Crippen molar-refractivity contribution in [3.63, 3.8) is 0 Å². The molecule has 1 aromatic carbocycles. The highest BCUT2D eigenvalue weighted by molar-refractivity contribution is 7.89. The van der Waals surface area contributed by atoms with E-state index in [0.717, 1.165) is 4.31 Å². The third-order valence-electron chi connectivity index (χ3n) is 3.46. The maximum absolute atomic E-state index is 12.5. The van der Waals surface area contributed by atoms with Crippen LogP contribution in [-0.2, 0) is 21.2 Å². The Bertz CT molecular complexity index is 638. The lowest BCUT2D eigenvalue weighted by atomic mass is 10.2. The molecular formula is C13H18N2O5S. The number of likely N-dealkylation sites (N-methyl/N-ethyl adjacent to an activating group) is 1. The van der Waals surface area contributed by atoms with E-state index in [1.165, 1.54) is 17.0 Å². The fraction of sp³-hybridized carbons (Fsp3) is 0.462. The number of hydrogen-bond acceptors (Lipinski definition) is 5. The third-order valence-corrected chi connectivity index (χ3v) is 5.36. The van der Waals surface area contributed by atoms with Crippen LogP contribution in [0.25, 0.3) is 0 Å². The number of aliphatic hydroxyl groups is 2. The molecule has 0 aromatic heterocycles. The average molecular weight is 314 g/mol. The van der Waals surface area contributed by atoms with Crippen LogP contribution in [0.5, 0.6) is 0 Å². The molecule has 1 aliphatic rings. The molecule has 0 bridgehead atoms. The van der Waals surface area contributed by atoms with Gasteiger partial charge in [0.2, 0.25) is 15.9 Å². The van der Waals surface area contributed by atoms with Crippen LogP contribution in [0.15, 0.2) is 23.1 Å². The van der Waals surface area contributed by atoms with Crippen molar-refractivity contribution < 1.29 is 23.4 Å². The van der Waals surface area contributed by atoms with E-state index in [2.05, 4.69) is 0 Å².